The molecule has 0 aliphatic heterocycles. The summed E-state index contributed by atoms with van der Waals surface area (Å²) in [6, 6.07) is 6.72. The standard InChI is InChI=1S/C17H20ClN5O4/c18-10-3-1-4-11(9-10)20-15(25)8-7-14(24)12-5-2-6-13(12)22-23-17(27)16(26)21-19/h1,3-4,9,12H,2,5-8,19H2,(H,20,25)(H,21,26)(H,23,27)/b22-13+. The lowest BCUT2D eigenvalue weighted by Crippen LogP contribution is -2.41. The van der Waals surface area contributed by atoms with Crippen LogP contribution >= 0.6 is 11.6 Å². The van der Waals surface area contributed by atoms with Gasteiger partial charge in [-0.15, -0.1) is 0 Å². The zero-order valence-electron chi connectivity index (χ0n) is 14.5. The Kier molecular flexibility index (Phi) is 7.44. The minimum Gasteiger partial charge on any atom is -0.326 e. The molecule has 144 valence electrons. The highest BCUT2D eigenvalue weighted by Crippen LogP contribution is 2.25. The first-order valence-corrected chi connectivity index (χ1v) is 8.74. The van der Waals surface area contributed by atoms with Crippen molar-refractivity contribution in [3.8, 4) is 0 Å². The van der Waals surface area contributed by atoms with Gasteiger partial charge < -0.3 is 5.32 Å². The number of nitrogens with one attached hydrogen (secondary N) is 3. The molecule has 0 spiro atoms. The van der Waals surface area contributed by atoms with Crippen molar-refractivity contribution in [2.45, 2.75) is 32.1 Å². The number of ketones is 1. The maximum Gasteiger partial charge on any atom is 0.330 e. The van der Waals surface area contributed by atoms with Gasteiger partial charge >= 0.3 is 11.8 Å². The number of carbonyl (C=O) groups excluding carboxylic acids is 4. The third kappa shape index (κ3) is 6.15. The molecular weight excluding hydrogens is 374 g/mol. The molecule has 1 atom stereocenters. The Morgan fingerprint density at radius 2 is 1.96 bits per heavy atom. The number of hydrazone groups is 1. The summed E-state index contributed by atoms with van der Waals surface area (Å²) < 4.78 is 0. The van der Waals surface area contributed by atoms with E-state index in [4.69, 9.17) is 17.4 Å². The molecule has 0 aromatic heterocycles. The number of nitrogens with two attached hydrogens (primary N) is 1. The molecule has 27 heavy (non-hydrogen) atoms. The first-order valence-electron chi connectivity index (χ1n) is 8.36. The van der Waals surface area contributed by atoms with E-state index in [2.05, 4.69) is 15.8 Å². The number of hydrogen-bond donors (Lipinski definition) is 4. The van der Waals surface area contributed by atoms with E-state index < -0.39 is 17.7 Å². The van der Waals surface area contributed by atoms with Crippen molar-refractivity contribution >= 4 is 46.5 Å². The number of Topliss-reactive ketones (excluding diaryl/α,β-unsaturated/α-hetero) is 1. The predicted octanol–water partition coefficient (Wildman–Crippen LogP) is 0.890. The molecule has 1 saturated carbocycles. The van der Waals surface area contributed by atoms with Crippen molar-refractivity contribution in [1.82, 2.24) is 10.9 Å². The molecule has 0 bridgehead atoms. The molecule has 1 aromatic rings. The number of hydrazine groups is 1. The zero-order valence-corrected chi connectivity index (χ0v) is 15.2. The summed E-state index contributed by atoms with van der Waals surface area (Å²) in [5, 5.41) is 7.04. The molecule has 5 N–H and O–H groups in total. The lowest BCUT2D eigenvalue weighted by molar-refractivity contribution is -0.139. The second-order valence-electron chi connectivity index (χ2n) is 5.99. The summed E-state index contributed by atoms with van der Waals surface area (Å²) in [4.78, 5) is 46.8. The van der Waals surface area contributed by atoms with Crippen molar-refractivity contribution in [1.29, 1.82) is 0 Å². The van der Waals surface area contributed by atoms with Gasteiger partial charge in [-0.25, -0.2) is 11.3 Å². The topological polar surface area (TPSA) is 143 Å². The zero-order chi connectivity index (χ0) is 19.8. The SMILES string of the molecule is NNC(=O)C(=O)N/N=C1\CCCC1C(=O)CCC(=O)Nc1cccc(Cl)c1. The van der Waals surface area contributed by atoms with E-state index in [0.29, 0.717) is 29.3 Å². The van der Waals surface area contributed by atoms with Crippen LogP contribution in [-0.2, 0) is 19.2 Å². The quantitative estimate of drug-likeness (QED) is 0.245. The molecule has 1 unspecified atom stereocenters. The van der Waals surface area contributed by atoms with Gasteiger partial charge in [-0.05, 0) is 37.5 Å². The van der Waals surface area contributed by atoms with E-state index in [1.807, 2.05) is 0 Å². The lowest BCUT2D eigenvalue weighted by atomic mass is 9.97. The molecule has 0 heterocycles. The summed E-state index contributed by atoms with van der Waals surface area (Å²) in [6.07, 6.45) is 1.94. The maximum absolute atomic E-state index is 12.4. The van der Waals surface area contributed by atoms with Crippen molar-refractivity contribution in [3.05, 3.63) is 29.3 Å². The first kappa shape index (κ1) is 20.5. The molecule has 0 radical (unpaired) electrons. The van der Waals surface area contributed by atoms with Crippen LogP contribution in [0.1, 0.15) is 32.1 Å². The van der Waals surface area contributed by atoms with Gasteiger partial charge in [0.15, 0.2) is 0 Å². The number of hydrogen-bond acceptors (Lipinski definition) is 6. The molecule has 0 saturated heterocycles. The molecule has 1 aliphatic carbocycles. The van der Waals surface area contributed by atoms with Gasteiger partial charge in [0.25, 0.3) is 0 Å². The highest BCUT2D eigenvalue weighted by atomic mass is 35.5. The highest BCUT2D eigenvalue weighted by molar-refractivity contribution is 6.35. The van der Waals surface area contributed by atoms with E-state index in [9.17, 15) is 19.2 Å². The largest absolute Gasteiger partial charge is 0.330 e. The summed E-state index contributed by atoms with van der Waals surface area (Å²) in [5.41, 5.74) is 4.82. The van der Waals surface area contributed by atoms with Gasteiger partial charge in [0, 0.05) is 29.3 Å². The van der Waals surface area contributed by atoms with Crippen LogP contribution in [0.15, 0.2) is 29.4 Å². The number of benzene rings is 1. The van der Waals surface area contributed by atoms with Crippen molar-refractivity contribution in [2.24, 2.45) is 16.9 Å². The molecular formula is C17H20ClN5O4. The number of amides is 3. The number of rotatable bonds is 6. The number of nitrogens with zero attached hydrogens (tertiary/aromatic N) is 1. The van der Waals surface area contributed by atoms with Crippen LogP contribution in [0.25, 0.3) is 0 Å². The van der Waals surface area contributed by atoms with Gasteiger partial charge in [0.1, 0.15) is 5.78 Å². The third-order valence-electron chi connectivity index (χ3n) is 4.06. The van der Waals surface area contributed by atoms with Crippen LogP contribution in [0, 0.1) is 5.92 Å². The van der Waals surface area contributed by atoms with Crippen LogP contribution in [0.4, 0.5) is 5.69 Å². The summed E-state index contributed by atoms with van der Waals surface area (Å²) >= 11 is 5.86. The molecule has 2 rings (SSSR count). The van der Waals surface area contributed by atoms with Gasteiger partial charge in [0.2, 0.25) is 5.91 Å². The molecule has 10 heteroatoms. The average molecular weight is 394 g/mol. The first-order chi connectivity index (χ1) is 12.9. The molecule has 3 amide bonds. The fourth-order valence-corrected chi connectivity index (χ4v) is 2.94. The summed E-state index contributed by atoms with van der Waals surface area (Å²) in [6.45, 7) is 0. The van der Waals surface area contributed by atoms with E-state index in [1.165, 1.54) is 0 Å². The monoisotopic (exact) mass is 393 g/mol. The van der Waals surface area contributed by atoms with Gasteiger partial charge in [-0.3, -0.25) is 24.6 Å². The number of anilines is 1. The second kappa shape index (κ2) is 9.79. The molecule has 9 nitrogen and oxygen atoms in total. The fourth-order valence-electron chi connectivity index (χ4n) is 2.75. The molecule has 1 aromatic carbocycles. The Morgan fingerprint density at radius 3 is 2.67 bits per heavy atom. The summed E-state index contributed by atoms with van der Waals surface area (Å²) in [7, 11) is 0. The Balaban J connectivity index is 1.86. The Labute approximate surface area is 160 Å². The normalized spacial score (nSPS) is 17.4. The smallest absolute Gasteiger partial charge is 0.326 e. The maximum atomic E-state index is 12.4. The molecule has 1 aliphatic rings. The van der Waals surface area contributed by atoms with Crippen molar-refractivity contribution < 1.29 is 19.2 Å². The van der Waals surface area contributed by atoms with Crippen molar-refractivity contribution in [3.63, 3.8) is 0 Å². The van der Waals surface area contributed by atoms with Crippen molar-refractivity contribution in [2.75, 3.05) is 5.32 Å². The average Bonchev–Trinajstić information content (AvgIpc) is 3.12. The third-order valence-corrected chi connectivity index (χ3v) is 4.30. The van der Waals surface area contributed by atoms with Gasteiger partial charge in [-0.2, -0.15) is 5.10 Å². The van der Waals surface area contributed by atoms with E-state index in [-0.39, 0.29) is 24.5 Å². The number of carbonyl (C=O) groups is 4. The Bertz CT molecular complexity index is 780. The second-order valence-corrected chi connectivity index (χ2v) is 6.42. The Morgan fingerprint density at radius 1 is 1.19 bits per heavy atom. The minimum absolute atomic E-state index is 0.0249. The summed E-state index contributed by atoms with van der Waals surface area (Å²) in [5.74, 6) is 1.92. The van der Waals surface area contributed by atoms with Crippen LogP contribution in [0.2, 0.25) is 5.02 Å². The van der Waals surface area contributed by atoms with Gasteiger partial charge in [0.05, 0.1) is 5.92 Å². The van der Waals surface area contributed by atoms with Crippen LogP contribution in [-0.4, -0.2) is 29.2 Å². The van der Waals surface area contributed by atoms with E-state index in [0.717, 1.165) is 6.42 Å². The molecule has 1 fully saturated rings. The van der Waals surface area contributed by atoms with Gasteiger partial charge in [-0.1, -0.05) is 17.7 Å². The minimum atomic E-state index is -1.03. The highest BCUT2D eigenvalue weighted by Gasteiger charge is 2.29. The number of halogens is 1. The van der Waals surface area contributed by atoms with Crippen LogP contribution < -0.4 is 22.0 Å². The lowest BCUT2D eigenvalue weighted by Gasteiger charge is -2.10. The van der Waals surface area contributed by atoms with E-state index in [1.54, 1.807) is 29.7 Å². The van der Waals surface area contributed by atoms with Crippen LogP contribution in [0.5, 0.6) is 0 Å². The Hall–Kier alpha value is -2.78. The van der Waals surface area contributed by atoms with E-state index >= 15 is 0 Å². The fraction of sp³-hybridized carbons (Fsp3) is 0.353. The predicted molar refractivity (Wildman–Crippen MR) is 99.6 cm³/mol. The van der Waals surface area contributed by atoms with Crippen LogP contribution in [0.3, 0.4) is 0 Å².